The summed E-state index contributed by atoms with van der Waals surface area (Å²) in [4.78, 5) is 14.3. The molecule has 9 heavy (non-hydrogen) atoms. The topological polar surface area (TPSA) is 55.5 Å². The molecule has 1 atom stereocenters. The third kappa shape index (κ3) is 0.837. The largest absolute Gasteiger partial charge is 0.424 e. The summed E-state index contributed by atoms with van der Waals surface area (Å²) in [5.74, 6) is 0. The molecule has 2 N–H and O–H groups in total. The van der Waals surface area contributed by atoms with Gasteiger partial charge in [-0.2, -0.15) is 4.48 Å². The molecule has 0 fully saturated rings. The molecule has 1 heterocycles. The minimum atomic E-state index is -0.424. The number of quaternary nitrogens is 1. The highest BCUT2D eigenvalue weighted by Gasteiger charge is 2.26. The van der Waals surface area contributed by atoms with Crippen molar-refractivity contribution in [2.75, 3.05) is 7.05 Å². The van der Waals surface area contributed by atoms with Crippen LogP contribution in [0.5, 0.6) is 0 Å². The van der Waals surface area contributed by atoms with E-state index < -0.39 is 6.03 Å². The molecule has 4 heteroatoms. The third-order valence-electron chi connectivity index (χ3n) is 1.24. The SMILES string of the molecule is C[N+]1(C(N)=O)C=CN=C1. The van der Waals surface area contributed by atoms with Crippen molar-refractivity contribution >= 4 is 12.4 Å². The van der Waals surface area contributed by atoms with Gasteiger partial charge in [0.25, 0.3) is 0 Å². The second kappa shape index (κ2) is 1.66. The van der Waals surface area contributed by atoms with Crippen molar-refractivity contribution in [3.63, 3.8) is 0 Å². The number of hydrogen-bond donors (Lipinski definition) is 1. The normalized spacial score (nSPS) is 31.2. The van der Waals surface area contributed by atoms with E-state index in [1.165, 1.54) is 6.34 Å². The molecule has 0 saturated carbocycles. The van der Waals surface area contributed by atoms with Gasteiger partial charge in [-0.25, -0.2) is 9.79 Å². The summed E-state index contributed by atoms with van der Waals surface area (Å²) in [6, 6.07) is -0.424. The highest BCUT2D eigenvalue weighted by molar-refractivity contribution is 5.75. The van der Waals surface area contributed by atoms with Crippen LogP contribution >= 0.6 is 0 Å². The van der Waals surface area contributed by atoms with Gasteiger partial charge in [0.15, 0.2) is 0 Å². The molecule has 0 spiro atoms. The van der Waals surface area contributed by atoms with Crippen molar-refractivity contribution < 1.29 is 9.28 Å². The van der Waals surface area contributed by atoms with Crippen LogP contribution in [0.15, 0.2) is 17.4 Å². The van der Waals surface area contributed by atoms with Crippen molar-refractivity contribution in [1.29, 1.82) is 0 Å². The van der Waals surface area contributed by atoms with Crippen molar-refractivity contribution in [3.05, 3.63) is 12.4 Å². The highest BCUT2D eigenvalue weighted by atomic mass is 16.2. The van der Waals surface area contributed by atoms with E-state index in [2.05, 4.69) is 4.99 Å². The van der Waals surface area contributed by atoms with Gasteiger partial charge in [-0.1, -0.05) is 0 Å². The molecule has 0 aromatic heterocycles. The standard InChI is InChI=1S/C5H7N3O/c1-8(5(6)9)3-2-7-4-8/h2-4H,1H3,(H-,6,9)/p+1. The van der Waals surface area contributed by atoms with Gasteiger partial charge in [0, 0.05) is 0 Å². The van der Waals surface area contributed by atoms with E-state index in [1.54, 1.807) is 19.4 Å². The number of primary amides is 1. The molecule has 0 aliphatic carbocycles. The first-order valence-electron chi connectivity index (χ1n) is 2.53. The highest BCUT2D eigenvalue weighted by Crippen LogP contribution is 2.04. The molecule has 1 rings (SSSR count). The fourth-order valence-corrected chi connectivity index (χ4v) is 0.523. The summed E-state index contributed by atoms with van der Waals surface area (Å²) in [6.45, 7) is 0. The van der Waals surface area contributed by atoms with Crippen LogP contribution in [0, 0.1) is 0 Å². The number of rotatable bonds is 0. The van der Waals surface area contributed by atoms with Crippen molar-refractivity contribution in [1.82, 2.24) is 0 Å². The van der Waals surface area contributed by atoms with Crippen molar-refractivity contribution in [2.45, 2.75) is 0 Å². The second-order valence-electron chi connectivity index (χ2n) is 2.05. The number of urea groups is 1. The maximum absolute atomic E-state index is 10.6. The van der Waals surface area contributed by atoms with E-state index >= 15 is 0 Å². The van der Waals surface area contributed by atoms with Gasteiger partial charge in [-0.05, 0) is 0 Å². The Balaban J connectivity index is 2.88. The monoisotopic (exact) mass is 126 g/mol. The molecular formula is C5H8N3O+. The van der Waals surface area contributed by atoms with E-state index in [4.69, 9.17) is 5.73 Å². The van der Waals surface area contributed by atoms with Gasteiger partial charge in [0.2, 0.25) is 6.34 Å². The molecule has 48 valence electrons. The van der Waals surface area contributed by atoms with Gasteiger partial charge < -0.3 is 5.73 Å². The molecule has 2 amide bonds. The smallest absolute Gasteiger partial charge is 0.318 e. The number of nitrogens with two attached hydrogens (primary N) is 1. The van der Waals surface area contributed by atoms with E-state index in [0.29, 0.717) is 0 Å². The van der Waals surface area contributed by atoms with Crippen molar-refractivity contribution in [3.8, 4) is 0 Å². The Morgan fingerprint density at radius 3 is 2.67 bits per heavy atom. The van der Waals surface area contributed by atoms with E-state index in [9.17, 15) is 4.79 Å². The van der Waals surface area contributed by atoms with Gasteiger partial charge >= 0.3 is 6.03 Å². The van der Waals surface area contributed by atoms with Crippen LogP contribution in [-0.4, -0.2) is 23.9 Å². The Hall–Kier alpha value is -1.16. The number of amides is 2. The zero-order valence-corrected chi connectivity index (χ0v) is 5.11. The minimum absolute atomic E-state index is 0.0278. The lowest BCUT2D eigenvalue weighted by Gasteiger charge is -2.13. The summed E-state index contributed by atoms with van der Waals surface area (Å²) < 4.78 is -0.0278. The molecule has 1 unspecified atom stereocenters. The Morgan fingerprint density at radius 1 is 1.78 bits per heavy atom. The molecule has 1 aliphatic heterocycles. The van der Waals surface area contributed by atoms with E-state index in [0.717, 1.165) is 0 Å². The molecular weight excluding hydrogens is 118 g/mol. The summed E-state index contributed by atoms with van der Waals surface area (Å²) in [7, 11) is 1.66. The molecule has 0 saturated heterocycles. The average Bonchev–Trinajstić information content (AvgIpc) is 2.16. The first-order valence-corrected chi connectivity index (χ1v) is 2.53. The fraction of sp³-hybridized carbons (Fsp3) is 0.200. The predicted molar refractivity (Wildman–Crippen MR) is 33.4 cm³/mol. The van der Waals surface area contributed by atoms with Crippen molar-refractivity contribution in [2.24, 2.45) is 10.7 Å². The van der Waals surface area contributed by atoms with Crippen LogP contribution in [0.2, 0.25) is 0 Å². The Kier molecular flexibility index (Phi) is 1.10. The average molecular weight is 126 g/mol. The second-order valence-corrected chi connectivity index (χ2v) is 2.05. The molecule has 0 bridgehead atoms. The minimum Gasteiger partial charge on any atom is -0.318 e. The zero-order valence-electron chi connectivity index (χ0n) is 5.11. The fourth-order valence-electron chi connectivity index (χ4n) is 0.523. The summed E-state index contributed by atoms with van der Waals surface area (Å²) in [5, 5.41) is 0. The molecule has 0 radical (unpaired) electrons. The summed E-state index contributed by atoms with van der Waals surface area (Å²) in [6.07, 6.45) is 4.63. The number of hydrogen-bond acceptors (Lipinski definition) is 2. The summed E-state index contributed by atoms with van der Waals surface area (Å²) in [5.41, 5.74) is 5.02. The number of nitrogens with zero attached hydrogens (tertiary/aromatic N) is 2. The van der Waals surface area contributed by atoms with Gasteiger partial charge in [-0.15, -0.1) is 0 Å². The molecule has 4 nitrogen and oxygen atoms in total. The van der Waals surface area contributed by atoms with Crippen LogP contribution in [0.3, 0.4) is 0 Å². The van der Waals surface area contributed by atoms with Crippen LogP contribution < -0.4 is 5.73 Å². The van der Waals surface area contributed by atoms with E-state index in [1.807, 2.05) is 0 Å². The number of carbonyl (C=O) groups excluding carboxylic acids is 1. The van der Waals surface area contributed by atoms with E-state index in [-0.39, 0.29) is 4.48 Å². The lowest BCUT2D eigenvalue weighted by Crippen LogP contribution is -2.45. The summed E-state index contributed by atoms with van der Waals surface area (Å²) >= 11 is 0. The lowest BCUT2D eigenvalue weighted by atomic mass is 10.6. The third-order valence-corrected chi connectivity index (χ3v) is 1.24. The predicted octanol–water partition coefficient (Wildman–Crippen LogP) is 0.0248. The molecule has 0 aromatic carbocycles. The lowest BCUT2D eigenvalue weighted by molar-refractivity contribution is -0.663. The maximum atomic E-state index is 10.6. The number of aliphatic imine (C=N–C) groups is 1. The van der Waals surface area contributed by atoms with Crippen LogP contribution in [-0.2, 0) is 0 Å². The first-order chi connectivity index (χ1) is 4.15. The number of carbonyl (C=O) groups is 1. The molecule has 0 aromatic rings. The van der Waals surface area contributed by atoms with Crippen LogP contribution in [0.1, 0.15) is 0 Å². The van der Waals surface area contributed by atoms with Gasteiger partial charge in [0.1, 0.15) is 6.20 Å². The maximum Gasteiger partial charge on any atom is 0.424 e. The zero-order chi connectivity index (χ0) is 6.91. The Labute approximate surface area is 52.9 Å². The molecule has 1 aliphatic rings. The van der Waals surface area contributed by atoms with Crippen LogP contribution in [0.25, 0.3) is 0 Å². The first kappa shape index (κ1) is 5.97. The van der Waals surface area contributed by atoms with Gasteiger partial charge in [0.05, 0.1) is 13.2 Å². The van der Waals surface area contributed by atoms with Gasteiger partial charge in [-0.3, -0.25) is 0 Å². The Morgan fingerprint density at radius 2 is 2.44 bits per heavy atom. The quantitative estimate of drug-likeness (QED) is 0.457. The Bertz CT molecular complexity index is 182. The van der Waals surface area contributed by atoms with Crippen LogP contribution in [0.4, 0.5) is 4.79 Å².